The molecule has 0 amide bonds. The summed E-state index contributed by atoms with van der Waals surface area (Å²) in [5.41, 5.74) is 2.19. The Hall–Kier alpha value is -2.00. The van der Waals surface area contributed by atoms with Crippen molar-refractivity contribution in [3.63, 3.8) is 0 Å². The fourth-order valence-corrected chi connectivity index (χ4v) is 3.71. The fraction of sp³-hybridized carbons (Fsp3) is 0.455. The van der Waals surface area contributed by atoms with E-state index in [4.69, 9.17) is 0 Å². The van der Waals surface area contributed by atoms with Crippen LogP contribution in [-0.4, -0.2) is 35.8 Å². The van der Waals surface area contributed by atoms with E-state index in [1.54, 1.807) is 24.3 Å². The first kappa shape index (κ1) is 19.3. The largest absolute Gasteiger partial charge is 0.508 e. The van der Waals surface area contributed by atoms with Gasteiger partial charge in [0.2, 0.25) is 0 Å². The lowest BCUT2D eigenvalue weighted by Crippen LogP contribution is -2.39. The zero-order valence-electron chi connectivity index (χ0n) is 15.9. The van der Waals surface area contributed by atoms with Gasteiger partial charge in [0.15, 0.2) is 0 Å². The van der Waals surface area contributed by atoms with Crippen molar-refractivity contribution < 1.29 is 10.2 Å². The molecule has 0 aromatic heterocycles. The van der Waals surface area contributed by atoms with Crippen molar-refractivity contribution in [2.24, 2.45) is 5.92 Å². The minimum atomic E-state index is -0.194. The van der Waals surface area contributed by atoms with Crippen LogP contribution in [0.25, 0.3) is 0 Å². The van der Waals surface area contributed by atoms with Gasteiger partial charge in [-0.1, -0.05) is 51.0 Å². The second-order valence-corrected chi connectivity index (χ2v) is 7.40. The van der Waals surface area contributed by atoms with Gasteiger partial charge >= 0.3 is 0 Å². The van der Waals surface area contributed by atoms with E-state index in [-0.39, 0.29) is 16.9 Å². The maximum atomic E-state index is 9.71. The maximum absolute atomic E-state index is 9.71. The highest BCUT2D eigenvalue weighted by Gasteiger charge is 2.37. The van der Waals surface area contributed by atoms with Gasteiger partial charge in [0.25, 0.3) is 0 Å². The second kappa shape index (κ2) is 8.39. The molecule has 0 aliphatic rings. The fourth-order valence-electron chi connectivity index (χ4n) is 3.71. The van der Waals surface area contributed by atoms with Gasteiger partial charge in [0, 0.05) is 12.0 Å². The minimum Gasteiger partial charge on any atom is -0.508 e. The molecule has 1 unspecified atom stereocenters. The van der Waals surface area contributed by atoms with E-state index in [1.165, 1.54) is 24.0 Å². The zero-order valence-corrected chi connectivity index (χ0v) is 15.9. The Morgan fingerprint density at radius 3 is 1.68 bits per heavy atom. The Bertz CT molecular complexity index is 601. The van der Waals surface area contributed by atoms with E-state index in [0.717, 1.165) is 13.0 Å². The van der Waals surface area contributed by atoms with Gasteiger partial charge in [-0.15, -0.1) is 0 Å². The number of unbranched alkanes of at least 4 members (excludes halogenated alkanes) is 1. The lowest BCUT2D eigenvalue weighted by Gasteiger charge is -2.40. The predicted molar refractivity (Wildman–Crippen MR) is 104 cm³/mol. The van der Waals surface area contributed by atoms with Crippen LogP contribution >= 0.6 is 0 Å². The van der Waals surface area contributed by atoms with E-state index in [0.29, 0.717) is 5.92 Å². The molecule has 0 aliphatic carbocycles. The van der Waals surface area contributed by atoms with Crippen LogP contribution < -0.4 is 0 Å². The van der Waals surface area contributed by atoms with Crippen LogP contribution in [0.5, 0.6) is 11.5 Å². The molecule has 0 bridgehead atoms. The van der Waals surface area contributed by atoms with Crippen LogP contribution in [0.4, 0.5) is 0 Å². The minimum absolute atomic E-state index is 0.194. The Morgan fingerprint density at radius 1 is 0.880 bits per heavy atom. The number of rotatable bonds is 8. The zero-order chi connectivity index (χ0) is 18.4. The molecule has 0 saturated heterocycles. The third kappa shape index (κ3) is 4.55. The van der Waals surface area contributed by atoms with Crippen molar-refractivity contribution in [2.75, 3.05) is 20.6 Å². The third-order valence-electron chi connectivity index (χ3n) is 5.24. The summed E-state index contributed by atoms with van der Waals surface area (Å²) < 4.78 is 0. The van der Waals surface area contributed by atoms with Crippen molar-refractivity contribution >= 4 is 0 Å². The summed E-state index contributed by atoms with van der Waals surface area (Å²) in [5.74, 6) is 1.00. The number of aromatic hydroxyl groups is 2. The van der Waals surface area contributed by atoms with Gasteiger partial charge in [-0.2, -0.15) is 0 Å². The van der Waals surface area contributed by atoms with Crippen LogP contribution in [0.2, 0.25) is 0 Å². The molecule has 2 aromatic carbocycles. The number of hydrogen-bond acceptors (Lipinski definition) is 3. The highest BCUT2D eigenvalue weighted by molar-refractivity contribution is 5.43. The molecule has 2 N–H and O–H groups in total. The van der Waals surface area contributed by atoms with Crippen LogP contribution in [0.1, 0.15) is 44.2 Å². The van der Waals surface area contributed by atoms with E-state index < -0.39 is 0 Å². The van der Waals surface area contributed by atoms with Crippen LogP contribution in [0.3, 0.4) is 0 Å². The molecule has 3 nitrogen and oxygen atoms in total. The van der Waals surface area contributed by atoms with Gasteiger partial charge in [-0.3, -0.25) is 0 Å². The molecule has 0 fully saturated rings. The average molecular weight is 341 g/mol. The van der Waals surface area contributed by atoms with E-state index >= 15 is 0 Å². The molecule has 1 atom stereocenters. The summed E-state index contributed by atoms with van der Waals surface area (Å²) in [4.78, 5) is 2.25. The topological polar surface area (TPSA) is 43.7 Å². The van der Waals surface area contributed by atoms with E-state index in [2.05, 4.69) is 32.8 Å². The molecule has 2 aromatic rings. The normalized spacial score (nSPS) is 13.2. The highest BCUT2D eigenvalue weighted by atomic mass is 16.3. The first-order chi connectivity index (χ1) is 11.9. The smallest absolute Gasteiger partial charge is 0.115 e. The third-order valence-corrected chi connectivity index (χ3v) is 5.24. The Morgan fingerprint density at radius 2 is 1.32 bits per heavy atom. The van der Waals surface area contributed by atoms with Crippen molar-refractivity contribution in [3.05, 3.63) is 59.7 Å². The molecule has 0 spiro atoms. The monoisotopic (exact) mass is 341 g/mol. The van der Waals surface area contributed by atoms with Gasteiger partial charge < -0.3 is 15.1 Å². The Labute approximate surface area is 151 Å². The summed E-state index contributed by atoms with van der Waals surface area (Å²) in [6.45, 7) is 5.50. The summed E-state index contributed by atoms with van der Waals surface area (Å²) in [6, 6.07) is 15.2. The standard InChI is InChI=1S/C22H31NO2/c1-5-6-7-19(16-23(3)4)22(2,17-8-12-20(24)13-9-17)18-10-14-21(25)15-11-18/h8-15,19,24-25H,5-7,16H2,1-4H3. The Balaban J connectivity index is 2.55. The second-order valence-electron chi connectivity index (χ2n) is 7.40. The van der Waals surface area contributed by atoms with Crippen molar-refractivity contribution in [2.45, 2.75) is 38.5 Å². The lowest BCUT2D eigenvalue weighted by atomic mass is 9.65. The molecule has 2 rings (SSSR count). The SMILES string of the molecule is CCCCC(CN(C)C)C(C)(c1ccc(O)cc1)c1ccc(O)cc1. The van der Waals surface area contributed by atoms with Crippen LogP contribution in [0, 0.1) is 5.92 Å². The molecule has 136 valence electrons. The molecular weight excluding hydrogens is 310 g/mol. The Kier molecular flexibility index (Phi) is 6.49. The van der Waals surface area contributed by atoms with Gasteiger partial charge in [-0.05, 0) is 61.8 Å². The molecule has 0 radical (unpaired) electrons. The summed E-state index contributed by atoms with van der Waals surface area (Å²) in [5, 5.41) is 19.4. The molecular formula is C22H31NO2. The molecule has 25 heavy (non-hydrogen) atoms. The van der Waals surface area contributed by atoms with E-state index in [9.17, 15) is 10.2 Å². The van der Waals surface area contributed by atoms with Crippen LogP contribution in [-0.2, 0) is 5.41 Å². The summed E-state index contributed by atoms with van der Waals surface area (Å²) >= 11 is 0. The molecule has 0 heterocycles. The molecule has 3 heteroatoms. The first-order valence-electron chi connectivity index (χ1n) is 9.11. The molecule has 0 aliphatic heterocycles. The predicted octanol–water partition coefficient (Wildman–Crippen LogP) is 4.77. The number of benzene rings is 2. The quantitative estimate of drug-likeness (QED) is 0.727. The van der Waals surface area contributed by atoms with Crippen LogP contribution in [0.15, 0.2) is 48.5 Å². The molecule has 0 saturated carbocycles. The maximum Gasteiger partial charge on any atom is 0.115 e. The first-order valence-corrected chi connectivity index (χ1v) is 9.11. The number of phenolic OH excluding ortho intramolecular Hbond substituents is 2. The highest BCUT2D eigenvalue weighted by Crippen LogP contribution is 2.42. The van der Waals surface area contributed by atoms with Crippen molar-refractivity contribution in [1.29, 1.82) is 0 Å². The average Bonchev–Trinajstić information content (AvgIpc) is 2.59. The van der Waals surface area contributed by atoms with Gasteiger partial charge in [0.05, 0.1) is 0 Å². The van der Waals surface area contributed by atoms with Gasteiger partial charge in [0.1, 0.15) is 11.5 Å². The van der Waals surface area contributed by atoms with E-state index in [1.807, 2.05) is 24.3 Å². The van der Waals surface area contributed by atoms with Gasteiger partial charge in [-0.25, -0.2) is 0 Å². The lowest BCUT2D eigenvalue weighted by molar-refractivity contribution is 0.232. The number of hydrogen-bond donors (Lipinski definition) is 2. The van der Waals surface area contributed by atoms with Crippen molar-refractivity contribution in [3.8, 4) is 11.5 Å². The summed E-state index contributed by atoms with van der Waals surface area (Å²) in [7, 11) is 4.24. The van der Waals surface area contributed by atoms with Crippen molar-refractivity contribution in [1.82, 2.24) is 4.90 Å². The number of phenols is 2. The number of nitrogens with zero attached hydrogens (tertiary/aromatic N) is 1. The summed E-state index contributed by atoms with van der Waals surface area (Å²) in [6.07, 6.45) is 3.49.